The van der Waals surface area contributed by atoms with Crippen LogP contribution in [0.5, 0.6) is 0 Å². The topological polar surface area (TPSA) is 55.4 Å². The molecular weight excluding hydrogens is 278 g/mol. The van der Waals surface area contributed by atoms with Crippen molar-refractivity contribution < 1.29 is 14.4 Å². The highest BCUT2D eigenvalue weighted by Crippen LogP contribution is 2.19. The Hall–Kier alpha value is -2.88. The van der Waals surface area contributed by atoms with Gasteiger partial charge in [-0.3, -0.25) is 9.59 Å². The summed E-state index contributed by atoms with van der Waals surface area (Å²) in [4.78, 5) is 27.6. The zero-order chi connectivity index (χ0) is 15.8. The summed E-state index contributed by atoms with van der Waals surface area (Å²) in [6, 6.07) is 19.0. The van der Waals surface area contributed by atoms with Gasteiger partial charge in [0.25, 0.3) is 5.91 Å². The van der Waals surface area contributed by atoms with Crippen molar-refractivity contribution in [1.82, 2.24) is 5.48 Å². The van der Waals surface area contributed by atoms with Gasteiger partial charge in [-0.05, 0) is 11.1 Å². The van der Waals surface area contributed by atoms with Crippen LogP contribution in [0.25, 0.3) is 6.08 Å². The molecule has 2 aromatic carbocycles. The summed E-state index contributed by atoms with van der Waals surface area (Å²) in [5, 5.41) is 0. The van der Waals surface area contributed by atoms with Crippen LogP contribution in [0.3, 0.4) is 0 Å². The molecule has 1 unspecified atom stereocenters. The molecule has 1 amide bonds. The lowest BCUT2D eigenvalue weighted by Crippen LogP contribution is -2.30. The highest BCUT2D eigenvalue weighted by atomic mass is 16.7. The van der Waals surface area contributed by atoms with Gasteiger partial charge in [-0.2, -0.15) is 5.48 Å². The van der Waals surface area contributed by atoms with E-state index in [-0.39, 0.29) is 0 Å². The molecule has 2 rings (SSSR count). The van der Waals surface area contributed by atoms with Crippen molar-refractivity contribution in [2.45, 2.75) is 12.8 Å². The number of carbonyl (C=O) groups excluding carboxylic acids is 2. The predicted octanol–water partition coefficient (Wildman–Crippen LogP) is 3.08. The second kappa shape index (κ2) is 7.78. The monoisotopic (exact) mass is 295 g/mol. The van der Waals surface area contributed by atoms with E-state index >= 15 is 0 Å². The number of nitrogens with one attached hydrogen (secondary N) is 1. The Bertz CT molecular complexity index is 651. The van der Waals surface area contributed by atoms with E-state index in [0.717, 1.165) is 11.1 Å². The second-order valence-corrected chi connectivity index (χ2v) is 4.72. The van der Waals surface area contributed by atoms with Gasteiger partial charge in [-0.15, -0.1) is 0 Å². The zero-order valence-corrected chi connectivity index (χ0v) is 12.2. The molecule has 112 valence electrons. The lowest BCUT2D eigenvalue weighted by atomic mass is 9.97. The maximum Gasteiger partial charge on any atom is 0.329 e. The van der Waals surface area contributed by atoms with Gasteiger partial charge in [-0.1, -0.05) is 72.8 Å². The molecule has 4 heteroatoms. The highest BCUT2D eigenvalue weighted by molar-refractivity contribution is 5.86. The maximum absolute atomic E-state index is 12.2. The van der Waals surface area contributed by atoms with Gasteiger partial charge < -0.3 is 4.84 Å². The van der Waals surface area contributed by atoms with Crippen molar-refractivity contribution >= 4 is 18.0 Å². The minimum Gasteiger partial charge on any atom is -0.341 e. The number of rotatable bonds is 4. The van der Waals surface area contributed by atoms with E-state index in [1.165, 1.54) is 6.92 Å². The lowest BCUT2D eigenvalue weighted by molar-refractivity contribution is -0.156. The summed E-state index contributed by atoms with van der Waals surface area (Å²) in [5.74, 6) is -1.50. The lowest BCUT2D eigenvalue weighted by Gasteiger charge is -2.13. The molecule has 0 heterocycles. The number of amides is 1. The first-order valence-corrected chi connectivity index (χ1v) is 6.92. The predicted molar refractivity (Wildman–Crippen MR) is 84.6 cm³/mol. The van der Waals surface area contributed by atoms with Crippen LogP contribution in [0.15, 0.2) is 66.7 Å². The number of carbonyl (C=O) groups is 2. The first kappa shape index (κ1) is 15.5. The Morgan fingerprint density at radius 3 is 2.18 bits per heavy atom. The van der Waals surface area contributed by atoms with Crippen LogP contribution >= 0.6 is 0 Å². The average molecular weight is 295 g/mol. The summed E-state index contributed by atoms with van der Waals surface area (Å²) in [6.45, 7) is 1.23. The van der Waals surface area contributed by atoms with Crippen LogP contribution in [0.2, 0.25) is 0 Å². The Kier molecular flexibility index (Phi) is 5.49. The van der Waals surface area contributed by atoms with E-state index in [1.807, 2.05) is 66.7 Å². The molecule has 0 saturated carbocycles. The van der Waals surface area contributed by atoms with Crippen LogP contribution in [0.1, 0.15) is 24.0 Å². The molecule has 22 heavy (non-hydrogen) atoms. The molecule has 2 aromatic rings. The van der Waals surface area contributed by atoms with Crippen molar-refractivity contribution in [2.24, 2.45) is 0 Å². The van der Waals surface area contributed by atoms with Crippen LogP contribution in [0.4, 0.5) is 0 Å². The van der Waals surface area contributed by atoms with E-state index in [1.54, 1.807) is 6.08 Å². The van der Waals surface area contributed by atoms with Crippen LogP contribution < -0.4 is 5.48 Å². The SMILES string of the molecule is CC(=O)ONC(=O)C(/C=C/c1ccccc1)c1ccccc1. The minimum atomic E-state index is -0.563. The van der Waals surface area contributed by atoms with Gasteiger partial charge in [0, 0.05) is 6.92 Å². The van der Waals surface area contributed by atoms with Crippen LogP contribution in [-0.2, 0) is 14.4 Å². The molecule has 0 aliphatic heterocycles. The van der Waals surface area contributed by atoms with E-state index in [2.05, 4.69) is 10.3 Å². The summed E-state index contributed by atoms with van der Waals surface area (Å²) in [5.41, 5.74) is 3.99. The van der Waals surface area contributed by atoms with Crippen LogP contribution in [0, 0.1) is 0 Å². The van der Waals surface area contributed by atoms with Crippen molar-refractivity contribution in [1.29, 1.82) is 0 Å². The van der Waals surface area contributed by atoms with E-state index < -0.39 is 17.8 Å². The third-order valence-electron chi connectivity index (χ3n) is 3.02. The average Bonchev–Trinajstić information content (AvgIpc) is 2.55. The normalized spacial score (nSPS) is 11.9. The molecule has 0 saturated heterocycles. The van der Waals surface area contributed by atoms with Crippen molar-refractivity contribution in [3.8, 4) is 0 Å². The first-order chi connectivity index (χ1) is 10.7. The van der Waals surface area contributed by atoms with Gasteiger partial charge >= 0.3 is 5.97 Å². The number of hydrogen-bond acceptors (Lipinski definition) is 3. The summed E-state index contributed by atoms with van der Waals surface area (Å²) in [6.07, 6.45) is 3.65. The first-order valence-electron chi connectivity index (χ1n) is 6.92. The summed E-state index contributed by atoms with van der Waals surface area (Å²) < 4.78 is 0. The molecule has 1 N–H and O–H groups in total. The van der Waals surface area contributed by atoms with Crippen molar-refractivity contribution in [3.05, 3.63) is 77.9 Å². The number of hydroxylamine groups is 1. The van der Waals surface area contributed by atoms with E-state index in [9.17, 15) is 9.59 Å². The smallest absolute Gasteiger partial charge is 0.329 e. The number of benzene rings is 2. The fraction of sp³-hybridized carbons (Fsp3) is 0.111. The molecule has 4 nitrogen and oxygen atoms in total. The quantitative estimate of drug-likeness (QED) is 0.882. The molecule has 0 aromatic heterocycles. The summed E-state index contributed by atoms with van der Waals surface area (Å²) in [7, 11) is 0. The summed E-state index contributed by atoms with van der Waals surface area (Å²) >= 11 is 0. The molecule has 1 atom stereocenters. The van der Waals surface area contributed by atoms with Crippen molar-refractivity contribution in [2.75, 3.05) is 0 Å². The molecule has 0 aliphatic rings. The van der Waals surface area contributed by atoms with Crippen molar-refractivity contribution in [3.63, 3.8) is 0 Å². The Labute approximate surface area is 129 Å². The molecule has 0 bridgehead atoms. The van der Waals surface area contributed by atoms with E-state index in [4.69, 9.17) is 0 Å². The third kappa shape index (κ3) is 4.59. The Balaban J connectivity index is 2.20. The van der Waals surface area contributed by atoms with Gasteiger partial charge in [-0.25, -0.2) is 0 Å². The minimum absolute atomic E-state index is 0.395. The maximum atomic E-state index is 12.2. The number of hydrogen-bond donors (Lipinski definition) is 1. The molecule has 0 fully saturated rings. The van der Waals surface area contributed by atoms with Gasteiger partial charge in [0.1, 0.15) is 0 Å². The molecule has 0 radical (unpaired) electrons. The van der Waals surface area contributed by atoms with Gasteiger partial charge in [0.2, 0.25) is 0 Å². The Morgan fingerprint density at radius 2 is 1.59 bits per heavy atom. The largest absolute Gasteiger partial charge is 0.341 e. The molecule has 0 spiro atoms. The molecular formula is C18H17NO3. The fourth-order valence-electron chi connectivity index (χ4n) is 1.97. The molecule has 0 aliphatic carbocycles. The highest BCUT2D eigenvalue weighted by Gasteiger charge is 2.18. The van der Waals surface area contributed by atoms with Gasteiger partial charge in [0.15, 0.2) is 0 Å². The fourth-order valence-corrected chi connectivity index (χ4v) is 1.97. The second-order valence-electron chi connectivity index (χ2n) is 4.72. The van der Waals surface area contributed by atoms with Crippen LogP contribution in [-0.4, -0.2) is 11.9 Å². The van der Waals surface area contributed by atoms with Gasteiger partial charge in [0.05, 0.1) is 5.92 Å². The third-order valence-corrected chi connectivity index (χ3v) is 3.02. The van der Waals surface area contributed by atoms with E-state index in [0.29, 0.717) is 0 Å². The Morgan fingerprint density at radius 1 is 1.00 bits per heavy atom. The zero-order valence-electron chi connectivity index (χ0n) is 12.2. The standard InChI is InChI=1S/C18H17NO3/c1-14(20)22-19-18(21)17(16-10-6-3-7-11-16)13-12-15-8-4-2-5-9-15/h2-13,17H,1H3,(H,19,21)/b13-12+.